The summed E-state index contributed by atoms with van der Waals surface area (Å²) in [6.45, 7) is 6.38. The zero-order valence-electron chi connectivity index (χ0n) is 14.8. The molecule has 1 aromatic carbocycles. The van der Waals surface area contributed by atoms with Gasteiger partial charge in [-0.25, -0.2) is 0 Å². The molecule has 1 aliphatic carbocycles. The Balaban J connectivity index is 2.62. The van der Waals surface area contributed by atoms with Gasteiger partial charge in [-0.2, -0.15) is 0 Å². The molecular weight excluding hydrogens is 284 g/mol. The summed E-state index contributed by atoms with van der Waals surface area (Å²) >= 11 is 0. The van der Waals surface area contributed by atoms with Crippen molar-refractivity contribution in [3.8, 4) is 0 Å². The van der Waals surface area contributed by atoms with Gasteiger partial charge in [-0.15, -0.1) is 0 Å². The van der Waals surface area contributed by atoms with Gasteiger partial charge in [-0.1, -0.05) is 57.5 Å². The second-order valence-corrected chi connectivity index (χ2v) is 6.31. The molecule has 0 heterocycles. The molecule has 1 aromatic rings. The molecule has 2 heteroatoms. The summed E-state index contributed by atoms with van der Waals surface area (Å²) in [4.78, 5) is 12.4. The Morgan fingerprint density at radius 1 is 1.17 bits per heavy atom. The van der Waals surface area contributed by atoms with Crippen molar-refractivity contribution in [2.24, 2.45) is 5.41 Å². The van der Waals surface area contributed by atoms with Gasteiger partial charge in [0.15, 0.2) is 5.78 Å². The molecule has 0 aliphatic heterocycles. The lowest BCUT2D eigenvalue weighted by Gasteiger charge is -2.39. The normalized spacial score (nSPS) is 21.1. The number of carbonyl (C=O) groups is 1. The van der Waals surface area contributed by atoms with E-state index >= 15 is 0 Å². The number of ketones is 1. The van der Waals surface area contributed by atoms with Crippen LogP contribution in [0.2, 0.25) is 0 Å². The largest absolute Gasteiger partial charge is 0.496 e. The second kappa shape index (κ2) is 7.63. The number of hydrogen-bond donors (Lipinski definition) is 0. The number of carbonyl (C=O) groups excluding carboxylic acids is 1. The van der Waals surface area contributed by atoms with Gasteiger partial charge < -0.3 is 4.74 Å². The van der Waals surface area contributed by atoms with Crippen molar-refractivity contribution < 1.29 is 9.53 Å². The van der Waals surface area contributed by atoms with E-state index in [2.05, 4.69) is 44.2 Å². The van der Waals surface area contributed by atoms with E-state index < -0.39 is 0 Å². The third kappa shape index (κ3) is 3.41. The van der Waals surface area contributed by atoms with E-state index in [1.54, 1.807) is 7.11 Å². The Morgan fingerprint density at radius 3 is 2.39 bits per heavy atom. The second-order valence-electron chi connectivity index (χ2n) is 6.31. The van der Waals surface area contributed by atoms with Gasteiger partial charge in [-0.3, -0.25) is 4.79 Å². The molecule has 0 radical (unpaired) electrons. The van der Waals surface area contributed by atoms with Crippen molar-refractivity contribution in [2.75, 3.05) is 7.11 Å². The number of methoxy groups -OCH3 is 1. The SMILES string of the molecule is CCCC1(CC)CC(C(=O)CC)=C(OC)C=C1c1ccccc1. The van der Waals surface area contributed by atoms with Crippen LogP contribution in [-0.4, -0.2) is 12.9 Å². The van der Waals surface area contributed by atoms with Gasteiger partial charge in [-0.05, 0) is 36.5 Å². The Hall–Kier alpha value is -1.83. The number of allylic oxidation sites excluding steroid dienone is 3. The summed E-state index contributed by atoms with van der Waals surface area (Å²) in [6.07, 6.45) is 6.64. The molecule has 1 unspecified atom stereocenters. The lowest BCUT2D eigenvalue weighted by atomic mass is 9.65. The Bertz CT molecular complexity index is 610. The van der Waals surface area contributed by atoms with Crippen molar-refractivity contribution in [1.82, 2.24) is 0 Å². The number of benzene rings is 1. The van der Waals surface area contributed by atoms with Gasteiger partial charge >= 0.3 is 0 Å². The highest BCUT2D eigenvalue weighted by molar-refractivity contribution is 5.98. The number of ether oxygens (including phenoxy) is 1. The molecule has 0 bridgehead atoms. The minimum Gasteiger partial charge on any atom is -0.496 e. The first-order valence-corrected chi connectivity index (χ1v) is 8.69. The van der Waals surface area contributed by atoms with Crippen molar-refractivity contribution in [2.45, 2.75) is 52.9 Å². The molecule has 0 saturated heterocycles. The van der Waals surface area contributed by atoms with Crippen LogP contribution in [-0.2, 0) is 9.53 Å². The fourth-order valence-electron chi connectivity index (χ4n) is 3.72. The van der Waals surface area contributed by atoms with Crippen LogP contribution < -0.4 is 0 Å². The maximum Gasteiger partial charge on any atom is 0.162 e. The van der Waals surface area contributed by atoms with Crippen LogP contribution in [0.1, 0.15) is 58.4 Å². The van der Waals surface area contributed by atoms with E-state index in [4.69, 9.17) is 4.74 Å². The van der Waals surface area contributed by atoms with Crippen LogP contribution >= 0.6 is 0 Å². The molecule has 124 valence electrons. The topological polar surface area (TPSA) is 26.3 Å². The van der Waals surface area contributed by atoms with Crippen LogP contribution in [0.25, 0.3) is 5.57 Å². The zero-order chi connectivity index (χ0) is 16.9. The fourth-order valence-corrected chi connectivity index (χ4v) is 3.72. The highest BCUT2D eigenvalue weighted by Crippen LogP contribution is 2.50. The maximum absolute atomic E-state index is 12.4. The van der Waals surface area contributed by atoms with Crippen LogP contribution in [0.15, 0.2) is 47.7 Å². The predicted octanol–water partition coefficient (Wildman–Crippen LogP) is 5.55. The molecule has 2 nitrogen and oxygen atoms in total. The van der Waals surface area contributed by atoms with Crippen molar-refractivity contribution >= 4 is 11.4 Å². The first kappa shape index (κ1) is 17.5. The van der Waals surface area contributed by atoms with E-state index in [1.165, 1.54) is 11.1 Å². The van der Waals surface area contributed by atoms with Gasteiger partial charge in [0.2, 0.25) is 0 Å². The third-order valence-corrected chi connectivity index (χ3v) is 5.03. The van der Waals surface area contributed by atoms with Gasteiger partial charge in [0, 0.05) is 17.4 Å². The van der Waals surface area contributed by atoms with E-state index in [0.717, 1.165) is 37.0 Å². The quantitative estimate of drug-likeness (QED) is 0.660. The lowest BCUT2D eigenvalue weighted by Crippen LogP contribution is -2.28. The van der Waals surface area contributed by atoms with Crippen molar-refractivity contribution in [3.63, 3.8) is 0 Å². The smallest absolute Gasteiger partial charge is 0.162 e. The molecule has 1 aliphatic rings. The molecule has 0 amide bonds. The molecule has 23 heavy (non-hydrogen) atoms. The summed E-state index contributed by atoms with van der Waals surface area (Å²) in [5, 5.41) is 0. The van der Waals surface area contributed by atoms with E-state index in [1.807, 2.05) is 13.0 Å². The molecule has 0 spiro atoms. The fraction of sp³-hybridized carbons (Fsp3) is 0.476. The average molecular weight is 312 g/mol. The summed E-state index contributed by atoms with van der Waals surface area (Å²) in [5.74, 6) is 0.954. The summed E-state index contributed by atoms with van der Waals surface area (Å²) in [7, 11) is 1.66. The van der Waals surface area contributed by atoms with Crippen LogP contribution in [0, 0.1) is 5.41 Å². The van der Waals surface area contributed by atoms with E-state index in [9.17, 15) is 4.79 Å². The Morgan fingerprint density at radius 2 is 1.87 bits per heavy atom. The summed E-state index contributed by atoms with van der Waals surface area (Å²) < 4.78 is 5.58. The average Bonchev–Trinajstić information content (AvgIpc) is 2.61. The number of hydrogen-bond acceptors (Lipinski definition) is 2. The molecular formula is C21H28O2. The minimum atomic E-state index is 0.0261. The van der Waals surface area contributed by atoms with Gasteiger partial charge in [0.1, 0.15) is 5.76 Å². The predicted molar refractivity (Wildman–Crippen MR) is 96.0 cm³/mol. The highest BCUT2D eigenvalue weighted by Gasteiger charge is 2.38. The highest BCUT2D eigenvalue weighted by atomic mass is 16.5. The van der Waals surface area contributed by atoms with Crippen LogP contribution in [0.3, 0.4) is 0 Å². The molecule has 2 rings (SSSR count). The molecule has 0 N–H and O–H groups in total. The van der Waals surface area contributed by atoms with Crippen molar-refractivity contribution in [3.05, 3.63) is 53.3 Å². The monoisotopic (exact) mass is 312 g/mol. The van der Waals surface area contributed by atoms with Crippen LogP contribution in [0.5, 0.6) is 0 Å². The van der Waals surface area contributed by atoms with E-state index in [0.29, 0.717) is 6.42 Å². The van der Waals surface area contributed by atoms with Gasteiger partial charge in [0.05, 0.1) is 7.11 Å². The standard InChI is InChI=1S/C21H28O2/c1-5-13-21(7-3)15-17(19(22)6-2)20(23-4)14-18(21)16-11-9-8-10-12-16/h8-12,14H,5-7,13,15H2,1-4H3. The van der Waals surface area contributed by atoms with Crippen LogP contribution in [0.4, 0.5) is 0 Å². The van der Waals surface area contributed by atoms with Crippen molar-refractivity contribution in [1.29, 1.82) is 0 Å². The maximum atomic E-state index is 12.4. The number of Topliss-reactive ketones (excluding diaryl/α,β-unsaturated/α-hetero) is 1. The minimum absolute atomic E-state index is 0.0261. The Kier molecular flexibility index (Phi) is 5.81. The first-order valence-electron chi connectivity index (χ1n) is 8.69. The summed E-state index contributed by atoms with van der Waals surface area (Å²) in [5.41, 5.74) is 3.44. The first-order chi connectivity index (χ1) is 11.1. The Labute approximate surface area is 140 Å². The molecule has 0 aromatic heterocycles. The third-order valence-electron chi connectivity index (χ3n) is 5.03. The summed E-state index contributed by atoms with van der Waals surface area (Å²) in [6, 6.07) is 10.5. The van der Waals surface area contributed by atoms with E-state index in [-0.39, 0.29) is 11.2 Å². The lowest BCUT2D eigenvalue weighted by molar-refractivity contribution is -0.115. The molecule has 1 atom stereocenters. The molecule has 0 saturated carbocycles. The van der Waals surface area contributed by atoms with Gasteiger partial charge in [0.25, 0.3) is 0 Å². The zero-order valence-corrected chi connectivity index (χ0v) is 14.8. The number of rotatable bonds is 7. The molecule has 0 fully saturated rings.